The van der Waals surface area contributed by atoms with Gasteiger partial charge in [-0.2, -0.15) is 0 Å². The molecule has 40 heavy (non-hydrogen) atoms. The van der Waals surface area contributed by atoms with Gasteiger partial charge in [-0.3, -0.25) is 13.9 Å². The summed E-state index contributed by atoms with van der Waals surface area (Å²) in [7, 11) is -3.87. The van der Waals surface area contributed by atoms with Gasteiger partial charge in [0.25, 0.3) is 0 Å². The molecule has 3 aromatic rings. The van der Waals surface area contributed by atoms with Crippen molar-refractivity contribution in [2.75, 3.05) is 17.1 Å². The Morgan fingerprint density at radius 2 is 1.50 bits per heavy atom. The van der Waals surface area contributed by atoms with Crippen molar-refractivity contribution in [3.8, 4) is 0 Å². The molecule has 0 fully saturated rings. The van der Waals surface area contributed by atoms with Crippen molar-refractivity contribution in [1.29, 1.82) is 0 Å². The van der Waals surface area contributed by atoms with Crippen molar-refractivity contribution in [3.05, 3.63) is 99.0 Å². The molecule has 1 atom stereocenters. The maximum Gasteiger partial charge on any atom is 0.244 e. The Morgan fingerprint density at radius 3 is 2.08 bits per heavy atom. The number of hydrogen-bond acceptors (Lipinski definition) is 4. The van der Waals surface area contributed by atoms with Gasteiger partial charge in [-0.15, -0.1) is 0 Å². The highest BCUT2D eigenvalue weighted by atomic mass is 35.5. The standard InChI is InChI=1S/C30H35Cl2N3O4S/c1-20(2)33-30(37)28(17-23-12-7-6-8-13-23)34(18-24-25(31)14-10-15-26(24)32)29(36)19-35(40(5,38)39)27-16-9-11-21(3)22(27)4/h6-16,20,28H,17-19H2,1-5H3,(H,33,37)/t28-/m0/s1. The van der Waals surface area contributed by atoms with E-state index in [2.05, 4.69) is 5.32 Å². The van der Waals surface area contributed by atoms with E-state index in [9.17, 15) is 18.0 Å². The molecule has 0 aromatic heterocycles. The number of carbonyl (C=O) groups is 2. The van der Waals surface area contributed by atoms with Gasteiger partial charge in [0, 0.05) is 34.6 Å². The zero-order chi connectivity index (χ0) is 29.6. The third kappa shape index (κ3) is 7.99. The Bertz CT molecular complexity index is 1440. The lowest BCUT2D eigenvalue weighted by Crippen LogP contribution is -2.54. The lowest BCUT2D eigenvalue weighted by Gasteiger charge is -2.34. The summed E-state index contributed by atoms with van der Waals surface area (Å²) in [6.07, 6.45) is 1.26. The molecule has 0 aliphatic heterocycles. The van der Waals surface area contributed by atoms with Gasteiger partial charge in [-0.1, -0.05) is 71.7 Å². The normalized spacial score (nSPS) is 12.2. The van der Waals surface area contributed by atoms with Gasteiger partial charge >= 0.3 is 0 Å². The van der Waals surface area contributed by atoms with E-state index in [1.165, 1.54) is 4.90 Å². The highest BCUT2D eigenvalue weighted by molar-refractivity contribution is 7.92. The molecular formula is C30H35Cl2N3O4S. The molecule has 0 aliphatic rings. The number of rotatable bonds is 11. The first kappa shape index (κ1) is 31.5. The first-order valence-electron chi connectivity index (χ1n) is 12.9. The number of amides is 2. The zero-order valence-corrected chi connectivity index (χ0v) is 25.6. The average Bonchev–Trinajstić information content (AvgIpc) is 2.87. The molecule has 10 heteroatoms. The van der Waals surface area contributed by atoms with Crippen LogP contribution in [-0.4, -0.2) is 50.0 Å². The number of halogens is 2. The van der Waals surface area contributed by atoms with Gasteiger partial charge in [0.05, 0.1) is 11.9 Å². The van der Waals surface area contributed by atoms with E-state index in [1.54, 1.807) is 30.3 Å². The predicted octanol–water partition coefficient (Wildman–Crippen LogP) is 5.54. The largest absolute Gasteiger partial charge is 0.352 e. The van der Waals surface area contributed by atoms with Gasteiger partial charge < -0.3 is 10.2 Å². The smallest absolute Gasteiger partial charge is 0.244 e. The van der Waals surface area contributed by atoms with Gasteiger partial charge in [0.1, 0.15) is 12.6 Å². The molecule has 0 saturated carbocycles. The minimum Gasteiger partial charge on any atom is -0.352 e. The van der Waals surface area contributed by atoms with E-state index in [0.29, 0.717) is 21.3 Å². The molecule has 0 bridgehead atoms. The quantitative estimate of drug-likeness (QED) is 0.312. The third-order valence-electron chi connectivity index (χ3n) is 6.62. The fraction of sp³-hybridized carbons (Fsp3) is 0.333. The van der Waals surface area contributed by atoms with Crippen LogP contribution < -0.4 is 9.62 Å². The maximum atomic E-state index is 14.2. The molecule has 0 spiro atoms. The Labute approximate surface area is 247 Å². The van der Waals surface area contributed by atoms with Crippen LogP contribution in [0.15, 0.2) is 66.7 Å². The number of nitrogens with one attached hydrogen (secondary N) is 1. The van der Waals surface area contributed by atoms with Crippen LogP contribution in [0.1, 0.15) is 36.1 Å². The van der Waals surface area contributed by atoms with Gasteiger partial charge in [-0.25, -0.2) is 8.42 Å². The minimum atomic E-state index is -3.87. The summed E-state index contributed by atoms with van der Waals surface area (Å²) >= 11 is 13.0. The van der Waals surface area contributed by atoms with Crippen molar-refractivity contribution < 1.29 is 18.0 Å². The van der Waals surface area contributed by atoms with Gasteiger partial charge in [-0.05, 0) is 62.6 Å². The van der Waals surface area contributed by atoms with Crippen LogP contribution >= 0.6 is 23.2 Å². The number of hydrogen-bond donors (Lipinski definition) is 1. The van der Waals surface area contributed by atoms with Crippen molar-refractivity contribution in [2.45, 2.75) is 52.7 Å². The summed E-state index contributed by atoms with van der Waals surface area (Å²) in [5.41, 5.74) is 3.32. The summed E-state index contributed by atoms with van der Waals surface area (Å²) in [6.45, 7) is 6.75. The second-order valence-electron chi connectivity index (χ2n) is 10.1. The molecular weight excluding hydrogens is 569 g/mol. The van der Waals surface area contributed by atoms with Crippen molar-refractivity contribution in [3.63, 3.8) is 0 Å². The molecule has 1 N–H and O–H groups in total. The van der Waals surface area contributed by atoms with E-state index in [4.69, 9.17) is 23.2 Å². The molecule has 3 aromatic carbocycles. The SMILES string of the molecule is Cc1cccc(N(CC(=O)N(Cc2c(Cl)cccc2Cl)[C@@H](Cc2ccccc2)C(=O)NC(C)C)S(C)(=O)=O)c1C. The number of benzene rings is 3. The van der Waals surface area contributed by atoms with Gasteiger partial charge in [0.15, 0.2) is 0 Å². The second kappa shape index (κ2) is 13.5. The van der Waals surface area contributed by atoms with Crippen LogP contribution in [0.4, 0.5) is 5.69 Å². The molecule has 0 unspecified atom stereocenters. The highest BCUT2D eigenvalue weighted by Gasteiger charge is 2.34. The number of carbonyl (C=O) groups excluding carboxylic acids is 2. The minimum absolute atomic E-state index is 0.0925. The molecule has 214 valence electrons. The molecule has 2 amide bonds. The lowest BCUT2D eigenvalue weighted by molar-refractivity contribution is -0.140. The Kier molecular flexibility index (Phi) is 10.6. The van der Waals surface area contributed by atoms with Crippen LogP contribution in [0.3, 0.4) is 0 Å². The summed E-state index contributed by atoms with van der Waals surface area (Å²) < 4.78 is 27.1. The Hall–Kier alpha value is -3.07. The topological polar surface area (TPSA) is 86.8 Å². The van der Waals surface area contributed by atoms with E-state index < -0.39 is 28.5 Å². The van der Waals surface area contributed by atoms with Gasteiger partial charge in [0.2, 0.25) is 21.8 Å². The van der Waals surface area contributed by atoms with E-state index in [0.717, 1.165) is 27.3 Å². The van der Waals surface area contributed by atoms with Crippen LogP contribution in [-0.2, 0) is 32.6 Å². The number of aryl methyl sites for hydroxylation is 1. The van der Waals surface area contributed by atoms with Crippen LogP contribution in [0.5, 0.6) is 0 Å². The highest BCUT2D eigenvalue weighted by Crippen LogP contribution is 2.29. The summed E-state index contributed by atoms with van der Waals surface area (Å²) in [4.78, 5) is 29.2. The Morgan fingerprint density at radius 1 is 0.900 bits per heavy atom. The zero-order valence-electron chi connectivity index (χ0n) is 23.3. The summed E-state index contributed by atoms with van der Waals surface area (Å²) in [5.74, 6) is -0.935. The number of anilines is 1. The monoisotopic (exact) mass is 603 g/mol. The molecule has 0 radical (unpaired) electrons. The molecule has 0 aliphatic carbocycles. The fourth-order valence-corrected chi connectivity index (χ4v) is 5.81. The molecule has 7 nitrogen and oxygen atoms in total. The van der Waals surface area contributed by atoms with E-state index in [-0.39, 0.29) is 24.9 Å². The average molecular weight is 605 g/mol. The van der Waals surface area contributed by atoms with Crippen LogP contribution in [0, 0.1) is 13.8 Å². The first-order chi connectivity index (χ1) is 18.8. The fourth-order valence-electron chi connectivity index (χ4n) is 4.39. The number of sulfonamides is 1. The maximum absolute atomic E-state index is 14.2. The summed E-state index contributed by atoms with van der Waals surface area (Å²) in [5, 5.41) is 3.59. The van der Waals surface area contributed by atoms with E-state index >= 15 is 0 Å². The lowest BCUT2D eigenvalue weighted by atomic mass is 10.0. The van der Waals surface area contributed by atoms with Crippen molar-refractivity contribution in [1.82, 2.24) is 10.2 Å². The summed E-state index contributed by atoms with van der Waals surface area (Å²) in [6, 6.07) is 18.5. The molecule has 0 saturated heterocycles. The third-order valence-corrected chi connectivity index (χ3v) is 8.45. The van der Waals surface area contributed by atoms with Crippen molar-refractivity contribution >= 4 is 50.7 Å². The molecule has 3 rings (SSSR count). The van der Waals surface area contributed by atoms with E-state index in [1.807, 2.05) is 64.1 Å². The van der Waals surface area contributed by atoms with Crippen LogP contribution in [0.2, 0.25) is 10.0 Å². The van der Waals surface area contributed by atoms with Crippen LogP contribution in [0.25, 0.3) is 0 Å². The second-order valence-corrected chi connectivity index (χ2v) is 12.8. The number of nitrogens with zero attached hydrogens (tertiary/aromatic N) is 2. The predicted molar refractivity (Wildman–Crippen MR) is 162 cm³/mol. The first-order valence-corrected chi connectivity index (χ1v) is 15.5. The Balaban J connectivity index is 2.13. The molecule has 0 heterocycles. The van der Waals surface area contributed by atoms with Crippen molar-refractivity contribution in [2.24, 2.45) is 0 Å².